The molecule has 2 saturated carbocycles. The highest BCUT2D eigenvalue weighted by atomic mass is 19.3. The molecule has 13 heteroatoms. The first-order valence-corrected chi connectivity index (χ1v) is 13.2. The van der Waals surface area contributed by atoms with Crippen molar-refractivity contribution in [2.45, 2.75) is 101 Å². The van der Waals surface area contributed by atoms with E-state index < -0.39 is 66.5 Å². The van der Waals surface area contributed by atoms with Crippen LogP contribution >= 0.6 is 0 Å². The molecular formula is C25H38F2N4O7. The predicted molar refractivity (Wildman–Crippen MR) is 130 cm³/mol. The Bertz CT molecular complexity index is 916. The van der Waals surface area contributed by atoms with E-state index in [1.54, 1.807) is 0 Å². The number of Topliss-reactive ketones (excluding diaryl/α,β-unsaturated/α-hetero) is 1. The van der Waals surface area contributed by atoms with Gasteiger partial charge < -0.3 is 30.7 Å². The summed E-state index contributed by atoms with van der Waals surface area (Å²) in [6.07, 6.45) is 3.52. The largest absolute Gasteiger partial charge is 0.465 e. The van der Waals surface area contributed by atoms with Crippen LogP contribution in [0.25, 0.3) is 0 Å². The average Bonchev–Trinajstić information content (AvgIpc) is 3.59. The molecule has 214 valence electrons. The zero-order valence-electron chi connectivity index (χ0n) is 21.9. The quantitative estimate of drug-likeness (QED) is 0.272. The molecule has 0 aromatic carbocycles. The van der Waals surface area contributed by atoms with Gasteiger partial charge in [-0.3, -0.25) is 19.2 Å². The number of nitrogens with zero attached hydrogens (tertiary/aromatic N) is 1. The molecule has 1 heterocycles. The Morgan fingerprint density at radius 2 is 1.74 bits per heavy atom. The second kappa shape index (κ2) is 12.4. The maximum Gasteiger partial charge on any atom is 0.405 e. The fourth-order valence-electron chi connectivity index (χ4n) is 5.45. The van der Waals surface area contributed by atoms with Crippen molar-refractivity contribution < 1.29 is 42.6 Å². The number of rotatable bonds is 12. The smallest absolute Gasteiger partial charge is 0.405 e. The van der Waals surface area contributed by atoms with E-state index >= 15 is 0 Å². The molecule has 1 spiro atoms. The molecule has 11 nitrogen and oxygen atoms in total. The molecule has 0 radical (unpaired) electrons. The van der Waals surface area contributed by atoms with Crippen LogP contribution in [-0.2, 0) is 23.9 Å². The fourth-order valence-corrected chi connectivity index (χ4v) is 5.45. The minimum atomic E-state index is -3.12. The lowest BCUT2D eigenvalue weighted by Gasteiger charge is -2.33. The first-order valence-electron chi connectivity index (χ1n) is 13.2. The molecule has 3 rings (SSSR count). The third-order valence-electron chi connectivity index (χ3n) is 7.58. The number of nitrogens with one attached hydrogen (secondary N) is 3. The maximum absolute atomic E-state index is 13.6. The van der Waals surface area contributed by atoms with Crippen molar-refractivity contribution in [3.8, 4) is 0 Å². The summed E-state index contributed by atoms with van der Waals surface area (Å²) in [5.41, 5.74) is -0.351. The molecule has 1 saturated heterocycles. The van der Waals surface area contributed by atoms with Crippen LogP contribution < -0.4 is 16.0 Å². The summed E-state index contributed by atoms with van der Waals surface area (Å²) >= 11 is 0. The summed E-state index contributed by atoms with van der Waals surface area (Å²) in [5, 5.41) is 16.3. The molecule has 0 aromatic heterocycles. The van der Waals surface area contributed by atoms with Crippen molar-refractivity contribution >= 4 is 29.6 Å². The Hall–Kier alpha value is -2.83. The lowest BCUT2D eigenvalue weighted by molar-refractivity contribution is -0.143. The van der Waals surface area contributed by atoms with Gasteiger partial charge in [-0.1, -0.05) is 19.3 Å². The van der Waals surface area contributed by atoms with Gasteiger partial charge in [0.05, 0.1) is 12.6 Å². The van der Waals surface area contributed by atoms with Crippen molar-refractivity contribution in [2.75, 3.05) is 20.3 Å². The Kier molecular flexibility index (Phi) is 9.66. The van der Waals surface area contributed by atoms with Gasteiger partial charge in [-0.05, 0) is 50.9 Å². The van der Waals surface area contributed by atoms with Gasteiger partial charge >= 0.3 is 6.09 Å². The number of carbonyl (C=O) groups excluding carboxylic acids is 4. The highest BCUT2D eigenvalue weighted by molar-refractivity contribution is 6.38. The summed E-state index contributed by atoms with van der Waals surface area (Å²) in [6.45, 7) is 0.659. The lowest BCUT2D eigenvalue weighted by Crippen LogP contribution is -2.57. The summed E-state index contributed by atoms with van der Waals surface area (Å²) in [6, 6.07) is -3.94. The van der Waals surface area contributed by atoms with Gasteiger partial charge in [0.15, 0.2) is 0 Å². The second-order valence-corrected chi connectivity index (χ2v) is 11.0. The lowest BCUT2D eigenvalue weighted by atomic mass is 9.72. The number of halogens is 2. The molecule has 0 unspecified atom stereocenters. The molecule has 1 aliphatic heterocycles. The summed E-state index contributed by atoms with van der Waals surface area (Å²) < 4.78 is 32.3. The van der Waals surface area contributed by atoms with Gasteiger partial charge in [0.2, 0.25) is 23.5 Å². The minimum absolute atomic E-state index is 0.135. The van der Waals surface area contributed by atoms with Gasteiger partial charge in [0, 0.05) is 26.1 Å². The number of likely N-dealkylation sites (tertiary alicyclic amines) is 1. The number of alkyl halides is 2. The third-order valence-corrected chi connectivity index (χ3v) is 7.58. The summed E-state index contributed by atoms with van der Waals surface area (Å²) in [5.74, 6) is -6.45. The number of hydrogen-bond donors (Lipinski definition) is 4. The number of carboxylic acid groups (broad SMARTS) is 1. The van der Waals surface area contributed by atoms with Gasteiger partial charge in [0.25, 0.3) is 5.91 Å². The molecule has 0 bridgehead atoms. The highest BCUT2D eigenvalue weighted by Crippen LogP contribution is 2.46. The van der Waals surface area contributed by atoms with E-state index in [1.807, 2.05) is 0 Å². The van der Waals surface area contributed by atoms with Crippen molar-refractivity contribution in [3.63, 3.8) is 0 Å². The minimum Gasteiger partial charge on any atom is -0.465 e. The summed E-state index contributed by atoms with van der Waals surface area (Å²) in [7, 11) is 1.31. The number of carbonyl (C=O) groups is 5. The zero-order chi connectivity index (χ0) is 28.1. The molecule has 4 N–H and O–H groups in total. The van der Waals surface area contributed by atoms with Crippen LogP contribution in [0.1, 0.15) is 71.1 Å². The normalized spacial score (nSPS) is 22.4. The maximum atomic E-state index is 13.6. The summed E-state index contributed by atoms with van der Waals surface area (Å²) in [4.78, 5) is 64.8. The van der Waals surface area contributed by atoms with E-state index in [4.69, 9.17) is 4.74 Å². The fraction of sp³-hybridized carbons (Fsp3) is 0.800. The van der Waals surface area contributed by atoms with E-state index in [2.05, 4.69) is 16.0 Å². The van der Waals surface area contributed by atoms with Crippen molar-refractivity contribution in [2.24, 2.45) is 5.41 Å². The van der Waals surface area contributed by atoms with Crippen LogP contribution in [0.2, 0.25) is 0 Å². The molecular weight excluding hydrogens is 506 g/mol. The van der Waals surface area contributed by atoms with E-state index in [0.29, 0.717) is 6.92 Å². The van der Waals surface area contributed by atoms with E-state index in [0.717, 1.165) is 44.9 Å². The van der Waals surface area contributed by atoms with Crippen LogP contribution in [0.3, 0.4) is 0 Å². The molecule has 38 heavy (non-hydrogen) atoms. The molecule has 3 fully saturated rings. The second-order valence-electron chi connectivity index (χ2n) is 11.0. The first kappa shape index (κ1) is 29.7. The average molecular weight is 545 g/mol. The van der Waals surface area contributed by atoms with Crippen LogP contribution in [0.15, 0.2) is 0 Å². The van der Waals surface area contributed by atoms with Gasteiger partial charge in [-0.25, -0.2) is 13.6 Å². The number of methoxy groups -OCH3 is 1. The van der Waals surface area contributed by atoms with Crippen molar-refractivity contribution in [3.05, 3.63) is 0 Å². The SMILES string of the molecule is COC[C@@H](NC(=O)O)C(=O)N1CC2(CCCCC2)C[C@H]1C(=O)N[C@@H](CCC(C)(F)F)C(=O)C(=O)NC1CC1. The Morgan fingerprint density at radius 3 is 2.29 bits per heavy atom. The standard InChI is InChI=1S/C25H38F2N4O7/c1-24(26,27)11-8-16(19(32)21(34)28-15-6-7-15)29-20(33)18-12-25(9-4-3-5-10-25)14-31(18)22(35)17(13-38-2)30-23(36)37/h15-18,30H,3-14H2,1-2H3,(H,28,34)(H,29,33)(H,36,37)/t16-,17+,18-/m0/s1. The zero-order valence-corrected chi connectivity index (χ0v) is 21.9. The molecule has 2 aliphatic carbocycles. The highest BCUT2D eigenvalue weighted by Gasteiger charge is 2.50. The van der Waals surface area contributed by atoms with Gasteiger partial charge in [0.1, 0.15) is 12.1 Å². The van der Waals surface area contributed by atoms with E-state index in [-0.39, 0.29) is 31.0 Å². The number of ketones is 1. The Balaban J connectivity index is 1.82. The van der Waals surface area contributed by atoms with Crippen LogP contribution in [0, 0.1) is 5.41 Å². The number of hydrogen-bond acceptors (Lipinski definition) is 6. The van der Waals surface area contributed by atoms with Crippen molar-refractivity contribution in [1.82, 2.24) is 20.9 Å². The molecule has 3 atom stereocenters. The number of ether oxygens (including phenoxy) is 1. The third kappa shape index (κ3) is 8.08. The monoisotopic (exact) mass is 544 g/mol. The Labute approximate surface area is 220 Å². The van der Waals surface area contributed by atoms with E-state index in [1.165, 1.54) is 12.0 Å². The van der Waals surface area contributed by atoms with E-state index in [9.17, 15) is 37.9 Å². The van der Waals surface area contributed by atoms with Gasteiger partial charge in [-0.15, -0.1) is 0 Å². The van der Waals surface area contributed by atoms with Crippen LogP contribution in [0.5, 0.6) is 0 Å². The number of amides is 4. The predicted octanol–water partition coefficient (Wildman–Crippen LogP) is 1.59. The molecule has 4 amide bonds. The Morgan fingerprint density at radius 1 is 1.08 bits per heavy atom. The molecule has 3 aliphatic rings. The first-order chi connectivity index (χ1) is 17.8. The van der Waals surface area contributed by atoms with Crippen molar-refractivity contribution in [1.29, 1.82) is 0 Å². The topological polar surface area (TPSA) is 154 Å². The van der Waals surface area contributed by atoms with Crippen LogP contribution in [-0.4, -0.2) is 90.0 Å². The van der Waals surface area contributed by atoms with Crippen LogP contribution in [0.4, 0.5) is 13.6 Å². The van der Waals surface area contributed by atoms with Gasteiger partial charge in [-0.2, -0.15) is 0 Å². The molecule has 0 aromatic rings.